The Morgan fingerprint density at radius 1 is 1.15 bits per heavy atom. The Morgan fingerprint density at radius 3 is 2.15 bits per heavy atom. The lowest BCUT2D eigenvalue weighted by Crippen LogP contribution is -2.51. The Bertz CT molecular complexity index is 710. The van der Waals surface area contributed by atoms with Gasteiger partial charge in [-0.05, 0) is 82.6 Å². The number of carbonyl (C=O) groups is 2. The summed E-state index contributed by atoms with van der Waals surface area (Å²) in [5.74, 6) is 1.70. The van der Waals surface area contributed by atoms with Gasteiger partial charge in [0.05, 0.1) is 6.10 Å². The number of H-pyrrole nitrogens is 1. The third kappa shape index (κ3) is 2.81. The second-order valence-corrected chi connectivity index (χ2v) is 9.04. The van der Waals surface area contributed by atoms with Crippen molar-refractivity contribution in [3.05, 3.63) is 22.5 Å². The Kier molecular flexibility index (Phi) is 4.25. The van der Waals surface area contributed by atoms with Gasteiger partial charge in [-0.3, -0.25) is 4.79 Å². The van der Waals surface area contributed by atoms with Crippen LogP contribution in [0.2, 0.25) is 0 Å². The van der Waals surface area contributed by atoms with Crippen LogP contribution >= 0.6 is 0 Å². The van der Waals surface area contributed by atoms with Gasteiger partial charge in [0, 0.05) is 16.7 Å². The third-order valence-corrected chi connectivity index (χ3v) is 7.08. The van der Waals surface area contributed by atoms with E-state index in [1.54, 1.807) is 13.8 Å². The minimum absolute atomic E-state index is 0.113. The maximum absolute atomic E-state index is 13.0. The molecule has 4 bridgehead atoms. The van der Waals surface area contributed by atoms with Crippen LogP contribution in [0.4, 0.5) is 0 Å². The molecule has 5 heteroatoms. The highest BCUT2D eigenvalue weighted by molar-refractivity contribution is 5.93. The molecule has 0 radical (unpaired) electrons. The largest absolute Gasteiger partial charge is 0.453 e. The number of rotatable bonds is 5. The summed E-state index contributed by atoms with van der Waals surface area (Å²) in [4.78, 5) is 28.5. The van der Waals surface area contributed by atoms with Crippen LogP contribution in [0.1, 0.15) is 78.9 Å². The number of ketones is 1. The molecule has 5 nitrogen and oxygen atoms in total. The van der Waals surface area contributed by atoms with E-state index in [9.17, 15) is 14.7 Å². The van der Waals surface area contributed by atoms with Gasteiger partial charge in [0.15, 0.2) is 12.4 Å². The number of Topliss-reactive ketones (excluding diaryl/α,β-unsaturated/α-hetero) is 1. The van der Waals surface area contributed by atoms with Gasteiger partial charge in [-0.1, -0.05) is 0 Å². The molecule has 4 aliphatic carbocycles. The fourth-order valence-corrected chi connectivity index (χ4v) is 6.40. The molecule has 4 aliphatic rings. The van der Waals surface area contributed by atoms with Gasteiger partial charge in [-0.2, -0.15) is 0 Å². The SMILES string of the molecule is Cc1[nH]c(C(=O)OCC(=O)C23CC4CC(CC(C4)C2)C3)c(C)c1[C@H](C)O. The van der Waals surface area contributed by atoms with Gasteiger partial charge in [-0.25, -0.2) is 4.79 Å². The first kappa shape index (κ1) is 17.8. The summed E-state index contributed by atoms with van der Waals surface area (Å²) in [6.45, 7) is 5.16. The number of hydrogen-bond acceptors (Lipinski definition) is 4. The van der Waals surface area contributed by atoms with E-state index in [-0.39, 0.29) is 17.8 Å². The Morgan fingerprint density at radius 2 is 1.69 bits per heavy atom. The molecule has 2 N–H and O–H groups in total. The van der Waals surface area contributed by atoms with Gasteiger partial charge in [0.25, 0.3) is 0 Å². The molecular formula is C21H29NO4. The first-order chi connectivity index (χ1) is 12.3. The molecule has 142 valence electrons. The normalized spacial score (nSPS) is 33.3. The Hall–Kier alpha value is -1.62. The van der Waals surface area contributed by atoms with E-state index in [1.807, 2.05) is 6.92 Å². The molecule has 1 atom stereocenters. The topological polar surface area (TPSA) is 79.4 Å². The maximum Gasteiger partial charge on any atom is 0.355 e. The van der Waals surface area contributed by atoms with Gasteiger partial charge in [-0.15, -0.1) is 0 Å². The molecule has 1 aromatic heterocycles. The average Bonchev–Trinajstić information content (AvgIpc) is 2.85. The van der Waals surface area contributed by atoms with Crippen molar-refractivity contribution in [2.75, 3.05) is 6.61 Å². The summed E-state index contributed by atoms with van der Waals surface area (Å²) in [6.07, 6.45) is 6.17. The predicted molar refractivity (Wildman–Crippen MR) is 96.8 cm³/mol. The number of aromatic amines is 1. The molecule has 0 unspecified atom stereocenters. The molecular weight excluding hydrogens is 330 g/mol. The lowest BCUT2D eigenvalue weighted by molar-refractivity contribution is -0.147. The van der Waals surface area contributed by atoms with E-state index in [1.165, 1.54) is 19.3 Å². The number of aliphatic hydroxyl groups excluding tert-OH is 1. The van der Waals surface area contributed by atoms with Gasteiger partial charge >= 0.3 is 5.97 Å². The molecule has 1 heterocycles. The molecule has 0 aromatic carbocycles. The summed E-state index contributed by atoms with van der Waals surface area (Å²) in [5, 5.41) is 9.87. The highest BCUT2D eigenvalue weighted by Crippen LogP contribution is 2.60. The van der Waals surface area contributed by atoms with Crippen LogP contribution in [0.5, 0.6) is 0 Å². The van der Waals surface area contributed by atoms with Crippen LogP contribution in [0.3, 0.4) is 0 Å². The van der Waals surface area contributed by atoms with Crippen LogP contribution in [-0.4, -0.2) is 28.4 Å². The van der Waals surface area contributed by atoms with Crippen molar-refractivity contribution in [3.63, 3.8) is 0 Å². The van der Waals surface area contributed by atoms with Crippen molar-refractivity contribution in [3.8, 4) is 0 Å². The second-order valence-electron chi connectivity index (χ2n) is 9.04. The molecule has 0 aliphatic heterocycles. The summed E-state index contributed by atoms with van der Waals surface area (Å²) >= 11 is 0. The maximum atomic E-state index is 13.0. The van der Waals surface area contributed by atoms with E-state index in [4.69, 9.17) is 4.74 Å². The third-order valence-electron chi connectivity index (χ3n) is 7.08. The molecule has 1 aromatic rings. The van der Waals surface area contributed by atoms with Crippen molar-refractivity contribution < 1.29 is 19.4 Å². The average molecular weight is 359 g/mol. The van der Waals surface area contributed by atoms with E-state index in [0.29, 0.717) is 29.0 Å². The zero-order chi connectivity index (χ0) is 18.6. The number of aliphatic hydroxyl groups is 1. The first-order valence-corrected chi connectivity index (χ1v) is 9.86. The number of aromatic nitrogens is 1. The highest BCUT2D eigenvalue weighted by atomic mass is 16.5. The molecule has 0 spiro atoms. The zero-order valence-corrected chi connectivity index (χ0v) is 15.9. The number of ether oxygens (including phenoxy) is 1. The number of carbonyl (C=O) groups excluding carboxylic acids is 2. The van der Waals surface area contributed by atoms with Crippen LogP contribution in [0.25, 0.3) is 0 Å². The standard InChI is InChI=1S/C21H29NO4/c1-11-18(13(3)23)12(2)22-19(11)20(25)26-10-17(24)21-7-14-4-15(8-21)6-16(5-14)9-21/h13-16,22-23H,4-10H2,1-3H3/t13-,14?,15?,16?,21?/m0/s1. The van der Waals surface area contributed by atoms with Crippen LogP contribution in [-0.2, 0) is 9.53 Å². The monoisotopic (exact) mass is 359 g/mol. The smallest absolute Gasteiger partial charge is 0.355 e. The van der Waals surface area contributed by atoms with E-state index < -0.39 is 12.1 Å². The molecule has 26 heavy (non-hydrogen) atoms. The first-order valence-electron chi connectivity index (χ1n) is 9.86. The highest BCUT2D eigenvalue weighted by Gasteiger charge is 2.54. The minimum atomic E-state index is -0.651. The van der Waals surface area contributed by atoms with E-state index in [2.05, 4.69) is 4.98 Å². The van der Waals surface area contributed by atoms with E-state index >= 15 is 0 Å². The van der Waals surface area contributed by atoms with Crippen molar-refractivity contribution in [2.24, 2.45) is 23.2 Å². The summed E-state index contributed by atoms with van der Waals surface area (Å²) < 4.78 is 5.41. The Balaban J connectivity index is 1.44. The molecule has 0 saturated heterocycles. The van der Waals surface area contributed by atoms with Crippen LogP contribution in [0, 0.1) is 37.0 Å². The van der Waals surface area contributed by atoms with Crippen molar-refractivity contribution in [1.29, 1.82) is 0 Å². The van der Waals surface area contributed by atoms with Crippen LogP contribution in [0.15, 0.2) is 0 Å². The minimum Gasteiger partial charge on any atom is -0.453 e. The number of esters is 1. The molecule has 4 fully saturated rings. The Labute approximate surface area is 154 Å². The number of aryl methyl sites for hydroxylation is 1. The fourth-order valence-electron chi connectivity index (χ4n) is 6.40. The number of hydrogen-bond donors (Lipinski definition) is 2. The fraction of sp³-hybridized carbons (Fsp3) is 0.714. The van der Waals surface area contributed by atoms with Gasteiger partial charge in [0.2, 0.25) is 0 Å². The van der Waals surface area contributed by atoms with Crippen LogP contribution < -0.4 is 0 Å². The summed E-state index contributed by atoms with van der Waals surface area (Å²) in [7, 11) is 0. The quantitative estimate of drug-likeness (QED) is 0.787. The van der Waals surface area contributed by atoms with Crippen molar-refractivity contribution >= 4 is 11.8 Å². The lowest BCUT2D eigenvalue weighted by atomic mass is 9.48. The summed E-state index contributed by atoms with van der Waals surface area (Å²) in [6, 6.07) is 0. The molecule has 0 amide bonds. The second kappa shape index (κ2) is 6.22. The van der Waals surface area contributed by atoms with E-state index in [0.717, 1.165) is 30.5 Å². The lowest BCUT2D eigenvalue weighted by Gasteiger charge is -2.55. The van der Waals surface area contributed by atoms with Crippen molar-refractivity contribution in [2.45, 2.75) is 65.4 Å². The molecule has 5 rings (SSSR count). The van der Waals surface area contributed by atoms with Crippen molar-refractivity contribution in [1.82, 2.24) is 4.98 Å². The molecule has 4 saturated carbocycles. The zero-order valence-electron chi connectivity index (χ0n) is 15.9. The number of nitrogens with one attached hydrogen (secondary N) is 1. The van der Waals surface area contributed by atoms with Gasteiger partial charge in [0.1, 0.15) is 5.69 Å². The predicted octanol–water partition coefficient (Wildman–Crippen LogP) is 3.63. The van der Waals surface area contributed by atoms with Gasteiger partial charge < -0.3 is 14.8 Å². The summed E-state index contributed by atoms with van der Waals surface area (Å²) in [5.41, 5.74) is 2.29.